The Kier molecular flexibility index (Phi) is 8.90. The van der Waals surface area contributed by atoms with Crippen molar-refractivity contribution < 1.29 is 14.2 Å². The van der Waals surface area contributed by atoms with Crippen molar-refractivity contribution in [3.05, 3.63) is 48.5 Å². The molecule has 0 saturated heterocycles. The van der Waals surface area contributed by atoms with Crippen molar-refractivity contribution >= 4 is 35.6 Å². The molecule has 136 valence electrons. The Bertz CT molecular complexity index is 695. The van der Waals surface area contributed by atoms with Crippen LogP contribution in [-0.4, -0.2) is 32.8 Å². The second kappa shape index (κ2) is 10.7. The highest BCUT2D eigenvalue weighted by atomic mass is 127. The molecule has 0 radical (unpaired) electrons. The quantitative estimate of drug-likeness (QED) is 0.378. The minimum Gasteiger partial charge on any atom is -0.497 e. The molecule has 1 atom stereocenters. The number of benzene rings is 2. The van der Waals surface area contributed by atoms with E-state index in [4.69, 9.17) is 19.9 Å². The maximum absolute atomic E-state index is 5.92. The van der Waals surface area contributed by atoms with Crippen LogP contribution in [0.5, 0.6) is 17.2 Å². The van der Waals surface area contributed by atoms with Crippen molar-refractivity contribution in [2.24, 2.45) is 10.7 Å². The fourth-order valence-corrected chi connectivity index (χ4v) is 2.10. The van der Waals surface area contributed by atoms with Crippen LogP contribution in [0.4, 0.5) is 5.69 Å². The van der Waals surface area contributed by atoms with Crippen LogP contribution in [0.25, 0.3) is 0 Å². The summed E-state index contributed by atoms with van der Waals surface area (Å²) in [7, 11) is 3.23. The first kappa shape index (κ1) is 20.9. The molecule has 0 heterocycles. The van der Waals surface area contributed by atoms with Gasteiger partial charge in [0.15, 0.2) is 5.96 Å². The van der Waals surface area contributed by atoms with Gasteiger partial charge in [0.1, 0.15) is 23.4 Å². The van der Waals surface area contributed by atoms with Gasteiger partial charge in [0, 0.05) is 6.07 Å². The van der Waals surface area contributed by atoms with Crippen LogP contribution in [0.2, 0.25) is 0 Å². The summed E-state index contributed by atoms with van der Waals surface area (Å²) in [4.78, 5) is 4.31. The number of nitrogens with two attached hydrogens (primary N) is 1. The molecule has 0 aliphatic heterocycles. The molecule has 0 aromatic heterocycles. The Morgan fingerprint density at radius 2 is 1.80 bits per heavy atom. The number of anilines is 1. The van der Waals surface area contributed by atoms with Crippen LogP contribution in [-0.2, 0) is 0 Å². The second-order valence-corrected chi connectivity index (χ2v) is 5.16. The fourth-order valence-electron chi connectivity index (χ4n) is 2.10. The molecule has 1 unspecified atom stereocenters. The molecule has 25 heavy (non-hydrogen) atoms. The van der Waals surface area contributed by atoms with Gasteiger partial charge in [0.05, 0.1) is 26.5 Å². The molecule has 0 bridgehead atoms. The summed E-state index contributed by atoms with van der Waals surface area (Å²) >= 11 is 0. The van der Waals surface area contributed by atoms with E-state index in [1.165, 1.54) is 0 Å². The van der Waals surface area contributed by atoms with Gasteiger partial charge in [0.25, 0.3) is 0 Å². The molecule has 7 heteroatoms. The average Bonchev–Trinajstić information content (AvgIpc) is 2.60. The van der Waals surface area contributed by atoms with Crippen molar-refractivity contribution in [2.45, 2.75) is 13.0 Å². The van der Waals surface area contributed by atoms with E-state index in [1.54, 1.807) is 14.2 Å². The van der Waals surface area contributed by atoms with Crippen LogP contribution in [0.15, 0.2) is 53.5 Å². The van der Waals surface area contributed by atoms with Gasteiger partial charge in [-0.15, -0.1) is 24.0 Å². The van der Waals surface area contributed by atoms with Gasteiger partial charge in [0.2, 0.25) is 0 Å². The molecule has 0 aliphatic carbocycles. The number of ether oxygens (including phenoxy) is 3. The van der Waals surface area contributed by atoms with Crippen LogP contribution in [0.3, 0.4) is 0 Å². The third-order valence-electron chi connectivity index (χ3n) is 3.27. The second-order valence-electron chi connectivity index (χ2n) is 5.16. The van der Waals surface area contributed by atoms with Crippen molar-refractivity contribution in [3.8, 4) is 17.2 Å². The highest BCUT2D eigenvalue weighted by Crippen LogP contribution is 2.22. The molecule has 0 fully saturated rings. The molecule has 6 nitrogen and oxygen atoms in total. The van der Waals surface area contributed by atoms with Crippen LogP contribution >= 0.6 is 24.0 Å². The Labute approximate surface area is 165 Å². The zero-order valence-electron chi connectivity index (χ0n) is 14.6. The smallest absolute Gasteiger partial charge is 0.193 e. The zero-order valence-corrected chi connectivity index (χ0v) is 16.9. The largest absolute Gasteiger partial charge is 0.497 e. The first-order valence-corrected chi connectivity index (χ1v) is 7.63. The lowest BCUT2D eigenvalue weighted by Crippen LogP contribution is -2.26. The Morgan fingerprint density at radius 3 is 2.52 bits per heavy atom. The van der Waals surface area contributed by atoms with Crippen LogP contribution < -0.4 is 25.3 Å². The van der Waals surface area contributed by atoms with E-state index in [9.17, 15) is 0 Å². The van der Waals surface area contributed by atoms with E-state index in [1.807, 2.05) is 55.5 Å². The number of nitrogens with one attached hydrogen (secondary N) is 1. The predicted molar refractivity (Wildman–Crippen MR) is 112 cm³/mol. The molecule has 0 amide bonds. The van der Waals surface area contributed by atoms with Gasteiger partial charge in [-0.05, 0) is 31.2 Å². The lowest BCUT2D eigenvalue weighted by atomic mass is 10.3. The van der Waals surface area contributed by atoms with Crippen molar-refractivity contribution in [1.82, 2.24) is 0 Å². The summed E-state index contributed by atoms with van der Waals surface area (Å²) < 4.78 is 16.2. The lowest BCUT2D eigenvalue weighted by Gasteiger charge is -2.14. The maximum atomic E-state index is 5.92. The molecular weight excluding hydrogens is 433 g/mol. The normalized spacial score (nSPS) is 11.9. The van der Waals surface area contributed by atoms with Gasteiger partial charge in [-0.1, -0.05) is 18.2 Å². The summed E-state index contributed by atoms with van der Waals surface area (Å²) in [5.41, 5.74) is 6.69. The minimum absolute atomic E-state index is 0. The van der Waals surface area contributed by atoms with E-state index in [-0.39, 0.29) is 30.1 Å². The van der Waals surface area contributed by atoms with E-state index < -0.39 is 0 Å². The third-order valence-corrected chi connectivity index (χ3v) is 3.27. The Balaban J connectivity index is 0.00000312. The van der Waals surface area contributed by atoms with Crippen molar-refractivity contribution in [2.75, 3.05) is 26.1 Å². The van der Waals surface area contributed by atoms with E-state index in [0.717, 1.165) is 17.2 Å². The Morgan fingerprint density at radius 1 is 1.08 bits per heavy atom. The topological polar surface area (TPSA) is 78.1 Å². The third kappa shape index (κ3) is 6.69. The highest BCUT2D eigenvalue weighted by Gasteiger charge is 2.06. The molecule has 0 aliphatic rings. The molecule has 0 saturated carbocycles. The summed E-state index contributed by atoms with van der Waals surface area (Å²) in [5, 5.41) is 3.03. The number of guanidine groups is 1. The van der Waals surface area contributed by atoms with Gasteiger partial charge >= 0.3 is 0 Å². The monoisotopic (exact) mass is 457 g/mol. The molecule has 2 aromatic rings. The summed E-state index contributed by atoms with van der Waals surface area (Å²) in [6.45, 7) is 2.35. The van der Waals surface area contributed by atoms with E-state index in [2.05, 4.69) is 10.3 Å². The summed E-state index contributed by atoms with van der Waals surface area (Å²) in [6, 6.07) is 15.0. The number of hydrogen-bond donors (Lipinski definition) is 2. The Hall–Kier alpha value is -2.16. The lowest BCUT2D eigenvalue weighted by molar-refractivity contribution is 0.229. The SMILES string of the molecule is COc1cccc(OC(C)CN=C(N)Nc2ccccc2OC)c1.I. The summed E-state index contributed by atoms with van der Waals surface area (Å²) in [6.07, 6.45) is -0.130. The number of methoxy groups -OCH3 is 2. The molecule has 0 spiro atoms. The van der Waals surface area contributed by atoms with Gasteiger partial charge in [-0.2, -0.15) is 0 Å². The number of rotatable bonds is 7. The van der Waals surface area contributed by atoms with Crippen molar-refractivity contribution in [1.29, 1.82) is 0 Å². The van der Waals surface area contributed by atoms with E-state index >= 15 is 0 Å². The predicted octanol–water partition coefficient (Wildman–Crippen LogP) is 3.52. The van der Waals surface area contributed by atoms with Gasteiger partial charge < -0.3 is 25.3 Å². The first-order valence-electron chi connectivity index (χ1n) is 7.63. The fraction of sp³-hybridized carbons (Fsp3) is 0.278. The molecule has 2 rings (SSSR count). The molecule has 2 aromatic carbocycles. The summed E-state index contributed by atoms with van der Waals surface area (Å²) in [5.74, 6) is 2.49. The minimum atomic E-state index is -0.130. The number of para-hydroxylation sites is 2. The van der Waals surface area contributed by atoms with Crippen LogP contribution in [0.1, 0.15) is 6.92 Å². The number of aliphatic imine (C=N–C) groups is 1. The van der Waals surface area contributed by atoms with Crippen LogP contribution in [0, 0.1) is 0 Å². The van der Waals surface area contributed by atoms with E-state index in [0.29, 0.717) is 18.3 Å². The van der Waals surface area contributed by atoms with Gasteiger partial charge in [-0.25, -0.2) is 4.99 Å². The maximum Gasteiger partial charge on any atom is 0.193 e. The number of hydrogen-bond acceptors (Lipinski definition) is 4. The zero-order chi connectivity index (χ0) is 17.4. The van der Waals surface area contributed by atoms with Gasteiger partial charge in [-0.3, -0.25) is 0 Å². The number of halogens is 1. The highest BCUT2D eigenvalue weighted by molar-refractivity contribution is 14.0. The first-order chi connectivity index (χ1) is 11.6. The molecule has 3 N–H and O–H groups in total. The average molecular weight is 457 g/mol. The molecular formula is C18H24IN3O3. The number of nitrogens with zero attached hydrogens (tertiary/aromatic N) is 1. The van der Waals surface area contributed by atoms with Crippen molar-refractivity contribution in [3.63, 3.8) is 0 Å². The standard InChI is InChI=1S/C18H23N3O3.HI/c1-13(24-15-8-6-7-14(11-15)22-2)12-20-18(19)21-16-9-4-5-10-17(16)23-3;/h4-11,13H,12H2,1-3H3,(H3,19,20,21);1H.